The summed E-state index contributed by atoms with van der Waals surface area (Å²) in [7, 11) is 3.01. The van der Waals surface area contributed by atoms with Crippen molar-refractivity contribution in [3.8, 4) is 11.5 Å². The highest BCUT2D eigenvalue weighted by molar-refractivity contribution is 6.01. The lowest BCUT2D eigenvalue weighted by atomic mass is 10.0. The lowest BCUT2D eigenvalue weighted by Gasteiger charge is -2.11. The maximum Gasteiger partial charge on any atom is 0.305 e. The molecule has 1 aromatic carbocycles. The predicted molar refractivity (Wildman–Crippen MR) is 74.4 cm³/mol. The molecule has 0 aliphatic rings. The molecular weight excluding hydrogens is 260 g/mol. The molecular formula is C15H20O5. The van der Waals surface area contributed by atoms with Crippen LogP contribution in [0.15, 0.2) is 18.2 Å². The van der Waals surface area contributed by atoms with Crippen LogP contribution in [0.25, 0.3) is 0 Å². The van der Waals surface area contributed by atoms with E-state index in [4.69, 9.17) is 14.2 Å². The molecule has 0 aliphatic heterocycles. The van der Waals surface area contributed by atoms with Gasteiger partial charge in [-0.25, -0.2) is 0 Å². The van der Waals surface area contributed by atoms with Crippen LogP contribution in [0.2, 0.25) is 0 Å². The van der Waals surface area contributed by atoms with E-state index in [2.05, 4.69) is 0 Å². The van der Waals surface area contributed by atoms with E-state index < -0.39 is 0 Å². The maximum atomic E-state index is 12.2. The van der Waals surface area contributed by atoms with Gasteiger partial charge in [0.15, 0.2) is 5.78 Å². The number of esters is 1. The largest absolute Gasteiger partial charge is 0.496 e. The molecule has 1 aromatic rings. The number of ether oxygens (including phenoxy) is 3. The first kappa shape index (κ1) is 16.0. The molecule has 0 aromatic heterocycles. The fraction of sp³-hybridized carbons (Fsp3) is 0.467. The van der Waals surface area contributed by atoms with Crippen molar-refractivity contribution in [2.24, 2.45) is 0 Å². The summed E-state index contributed by atoms with van der Waals surface area (Å²) in [5.41, 5.74) is 0.418. The molecule has 1 rings (SSSR count). The fourth-order valence-corrected chi connectivity index (χ4v) is 1.88. The van der Waals surface area contributed by atoms with Gasteiger partial charge in [-0.05, 0) is 25.5 Å². The van der Waals surface area contributed by atoms with E-state index in [-0.39, 0.29) is 24.6 Å². The van der Waals surface area contributed by atoms with E-state index in [1.165, 1.54) is 14.2 Å². The Morgan fingerprint density at radius 3 is 2.15 bits per heavy atom. The van der Waals surface area contributed by atoms with Gasteiger partial charge < -0.3 is 14.2 Å². The van der Waals surface area contributed by atoms with Crippen molar-refractivity contribution in [1.29, 1.82) is 0 Å². The number of hydrogen-bond donors (Lipinski definition) is 0. The van der Waals surface area contributed by atoms with E-state index >= 15 is 0 Å². The molecule has 0 bridgehead atoms. The van der Waals surface area contributed by atoms with Gasteiger partial charge in [-0.1, -0.05) is 6.07 Å². The van der Waals surface area contributed by atoms with E-state index in [0.717, 1.165) is 0 Å². The molecule has 20 heavy (non-hydrogen) atoms. The van der Waals surface area contributed by atoms with E-state index in [1.54, 1.807) is 25.1 Å². The average molecular weight is 280 g/mol. The zero-order chi connectivity index (χ0) is 15.0. The molecule has 0 amide bonds. The second-order valence-corrected chi connectivity index (χ2v) is 4.12. The van der Waals surface area contributed by atoms with Crippen molar-refractivity contribution in [2.75, 3.05) is 20.8 Å². The van der Waals surface area contributed by atoms with Crippen molar-refractivity contribution in [3.05, 3.63) is 23.8 Å². The Labute approximate surface area is 118 Å². The Hall–Kier alpha value is -2.04. The Kier molecular flexibility index (Phi) is 6.56. The molecule has 110 valence electrons. The lowest BCUT2D eigenvalue weighted by Crippen LogP contribution is -2.08. The van der Waals surface area contributed by atoms with Crippen LogP contribution in [0.5, 0.6) is 11.5 Å². The van der Waals surface area contributed by atoms with Gasteiger partial charge in [0.05, 0.1) is 20.8 Å². The predicted octanol–water partition coefficient (Wildman–Crippen LogP) is 2.62. The molecule has 5 heteroatoms. The van der Waals surface area contributed by atoms with E-state index in [1.807, 2.05) is 0 Å². The summed E-state index contributed by atoms with van der Waals surface area (Å²) in [5.74, 6) is 0.562. The first-order valence-corrected chi connectivity index (χ1v) is 6.53. The highest BCUT2D eigenvalue weighted by atomic mass is 16.5. The number of ketones is 1. The van der Waals surface area contributed by atoms with Crippen LogP contribution >= 0.6 is 0 Å². The fourth-order valence-electron chi connectivity index (χ4n) is 1.88. The summed E-state index contributed by atoms with van der Waals surface area (Å²) in [4.78, 5) is 23.5. The Balaban J connectivity index is 2.70. The number of hydrogen-bond acceptors (Lipinski definition) is 5. The summed E-state index contributed by atoms with van der Waals surface area (Å²) < 4.78 is 15.2. The normalized spacial score (nSPS) is 9.95. The molecule has 0 atom stereocenters. The van der Waals surface area contributed by atoms with E-state index in [9.17, 15) is 9.59 Å². The number of carbonyl (C=O) groups is 2. The van der Waals surface area contributed by atoms with Crippen molar-refractivity contribution in [2.45, 2.75) is 26.2 Å². The van der Waals surface area contributed by atoms with Crippen LogP contribution in [-0.2, 0) is 9.53 Å². The van der Waals surface area contributed by atoms with Gasteiger partial charge in [-0.15, -0.1) is 0 Å². The second kappa shape index (κ2) is 8.19. The third-order valence-electron chi connectivity index (χ3n) is 2.80. The standard InChI is InChI=1S/C15H20O5/c1-4-20-14(17)10-5-7-11(16)15-12(18-2)8-6-9-13(15)19-3/h6,8-9H,4-5,7,10H2,1-3H3. The minimum atomic E-state index is -0.285. The molecule has 5 nitrogen and oxygen atoms in total. The Bertz CT molecular complexity index is 445. The lowest BCUT2D eigenvalue weighted by molar-refractivity contribution is -0.143. The molecule has 0 saturated carbocycles. The highest BCUT2D eigenvalue weighted by Crippen LogP contribution is 2.29. The van der Waals surface area contributed by atoms with Gasteiger partial charge in [-0.2, -0.15) is 0 Å². The average Bonchev–Trinajstić information content (AvgIpc) is 2.46. The SMILES string of the molecule is CCOC(=O)CCCC(=O)c1c(OC)cccc1OC. The number of carbonyl (C=O) groups excluding carboxylic acids is 2. The quantitative estimate of drug-likeness (QED) is 0.541. The first-order valence-electron chi connectivity index (χ1n) is 6.53. The highest BCUT2D eigenvalue weighted by Gasteiger charge is 2.18. The molecule has 0 unspecified atom stereocenters. The summed E-state index contributed by atoms with van der Waals surface area (Å²) in [6.07, 6.45) is 0.922. The second-order valence-electron chi connectivity index (χ2n) is 4.12. The third-order valence-corrected chi connectivity index (χ3v) is 2.80. The third kappa shape index (κ3) is 4.26. The molecule has 0 N–H and O–H groups in total. The van der Waals surface area contributed by atoms with Crippen LogP contribution in [0.3, 0.4) is 0 Å². The van der Waals surface area contributed by atoms with Gasteiger partial charge in [-0.3, -0.25) is 9.59 Å². The van der Waals surface area contributed by atoms with Crippen LogP contribution < -0.4 is 9.47 Å². The van der Waals surface area contributed by atoms with E-state index in [0.29, 0.717) is 30.1 Å². The van der Waals surface area contributed by atoms with Gasteiger partial charge >= 0.3 is 5.97 Å². The molecule has 0 aliphatic carbocycles. The molecule has 0 heterocycles. The first-order chi connectivity index (χ1) is 9.63. The summed E-state index contributed by atoms with van der Waals surface area (Å²) >= 11 is 0. The van der Waals surface area contributed by atoms with Crippen LogP contribution in [0.1, 0.15) is 36.5 Å². The number of methoxy groups -OCH3 is 2. The minimum Gasteiger partial charge on any atom is -0.496 e. The van der Waals surface area contributed by atoms with Gasteiger partial charge in [0.25, 0.3) is 0 Å². The van der Waals surface area contributed by atoms with Gasteiger partial charge in [0.2, 0.25) is 0 Å². The Morgan fingerprint density at radius 2 is 1.65 bits per heavy atom. The van der Waals surface area contributed by atoms with Crippen molar-refractivity contribution in [3.63, 3.8) is 0 Å². The topological polar surface area (TPSA) is 61.8 Å². The van der Waals surface area contributed by atoms with Crippen molar-refractivity contribution >= 4 is 11.8 Å². The van der Waals surface area contributed by atoms with Crippen molar-refractivity contribution in [1.82, 2.24) is 0 Å². The monoisotopic (exact) mass is 280 g/mol. The van der Waals surface area contributed by atoms with Crippen LogP contribution in [-0.4, -0.2) is 32.6 Å². The summed E-state index contributed by atoms with van der Waals surface area (Å²) in [6, 6.07) is 5.18. The zero-order valence-electron chi connectivity index (χ0n) is 12.1. The van der Waals surface area contributed by atoms with Crippen molar-refractivity contribution < 1.29 is 23.8 Å². The van der Waals surface area contributed by atoms with Gasteiger partial charge in [0, 0.05) is 12.8 Å². The number of Topliss-reactive ketones (excluding diaryl/α,β-unsaturated/α-hetero) is 1. The smallest absolute Gasteiger partial charge is 0.305 e. The minimum absolute atomic E-state index is 0.108. The van der Waals surface area contributed by atoms with Crippen LogP contribution in [0, 0.1) is 0 Å². The summed E-state index contributed by atoms with van der Waals surface area (Å²) in [6.45, 7) is 2.11. The number of rotatable bonds is 8. The Morgan fingerprint density at radius 1 is 1.05 bits per heavy atom. The molecule has 0 saturated heterocycles. The summed E-state index contributed by atoms with van der Waals surface area (Å²) in [5, 5.41) is 0. The van der Waals surface area contributed by atoms with Crippen LogP contribution in [0.4, 0.5) is 0 Å². The maximum absolute atomic E-state index is 12.2. The number of benzene rings is 1. The molecule has 0 radical (unpaired) electrons. The molecule has 0 fully saturated rings. The zero-order valence-corrected chi connectivity index (χ0v) is 12.1. The van der Waals surface area contributed by atoms with Gasteiger partial charge in [0.1, 0.15) is 17.1 Å². The molecule has 0 spiro atoms.